The van der Waals surface area contributed by atoms with Gasteiger partial charge >= 0.3 is 0 Å². The molecule has 1 aliphatic heterocycles. The van der Waals surface area contributed by atoms with E-state index in [2.05, 4.69) is 10.3 Å². The highest BCUT2D eigenvalue weighted by molar-refractivity contribution is 6.32. The molecule has 123 valence electrons. The molecular formula is C18H22ClN2O2. The predicted molar refractivity (Wildman–Crippen MR) is 92.8 cm³/mol. The number of hydrogen-bond acceptors (Lipinski definition) is 4. The fourth-order valence-electron chi connectivity index (χ4n) is 3.15. The third-order valence-corrected chi connectivity index (χ3v) is 4.78. The van der Waals surface area contributed by atoms with E-state index < -0.39 is 6.10 Å². The number of rotatable bonds is 5. The van der Waals surface area contributed by atoms with Crippen molar-refractivity contribution in [3.63, 3.8) is 0 Å². The Morgan fingerprint density at radius 2 is 2.13 bits per heavy atom. The van der Waals surface area contributed by atoms with E-state index in [-0.39, 0.29) is 0 Å². The van der Waals surface area contributed by atoms with Crippen LogP contribution in [0.1, 0.15) is 37.4 Å². The van der Waals surface area contributed by atoms with E-state index in [0.29, 0.717) is 11.4 Å². The van der Waals surface area contributed by atoms with Gasteiger partial charge in [-0.05, 0) is 62.9 Å². The SMILES string of the molecule is COc1ccc2ncc(Cl)c([C@H](O)CC[C]3CCNCC3)c2c1. The molecule has 2 aromatic rings. The maximum Gasteiger partial charge on any atom is 0.119 e. The summed E-state index contributed by atoms with van der Waals surface area (Å²) in [5.41, 5.74) is 1.57. The normalized spacial score (nSPS) is 17.3. The van der Waals surface area contributed by atoms with Crippen LogP contribution >= 0.6 is 11.6 Å². The smallest absolute Gasteiger partial charge is 0.119 e. The molecule has 0 bridgehead atoms. The number of hydrogen-bond donors (Lipinski definition) is 2. The van der Waals surface area contributed by atoms with Crippen molar-refractivity contribution in [2.24, 2.45) is 0 Å². The lowest BCUT2D eigenvalue weighted by atomic mass is 9.90. The van der Waals surface area contributed by atoms with Gasteiger partial charge in [-0.25, -0.2) is 0 Å². The molecule has 2 heterocycles. The van der Waals surface area contributed by atoms with Gasteiger partial charge in [0.05, 0.1) is 23.8 Å². The maximum absolute atomic E-state index is 10.7. The Labute approximate surface area is 141 Å². The van der Waals surface area contributed by atoms with Crippen molar-refractivity contribution in [2.75, 3.05) is 20.2 Å². The van der Waals surface area contributed by atoms with Crippen molar-refractivity contribution in [2.45, 2.75) is 31.8 Å². The Morgan fingerprint density at radius 1 is 1.35 bits per heavy atom. The van der Waals surface area contributed by atoms with Crippen LogP contribution in [0.2, 0.25) is 5.02 Å². The third-order valence-electron chi connectivity index (χ3n) is 4.48. The number of methoxy groups -OCH3 is 1. The highest BCUT2D eigenvalue weighted by Crippen LogP contribution is 2.35. The molecule has 5 heteroatoms. The molecule has 2 N–H and O–H groups in total. The predicted octanol–water partition coefficient (Wildman–Crippen LogP) is 3.67. The van der Waals surface area contributed by atoms with Gasteiger partial charge in [-0.15, -0.1) is 0 Å². The number of fused-ring (bicyclic) bond motifs is 1. The zero-order valence-electron chi connectivity index (χ0n) is 13.3. The Bertz CT molecular complexity index is 671. The van der Waals surface area contributed by atoms with E-state index in [0.717, 1.165) is 54.6 Å². The first-order valence-electron chi connectivity index (χ1n) is 8.03. The van der Waals surface area contributed by atoms with Crippen LogP contribution in [0.3, 0.4) is 0 Å². The van der Waals surface area contributed by atoms with Crippen LogP contribution in [0.25, 0.3) is 10.9 Å². The number of aromatic nitrogens is 1. The molecular weight excluding hydrogens is 312 g/mol. The molecule has 1 aromatic carbocycles. The summed E-state index contributed by atoms with van der Waals surface area (Å²) >= 11 is 6.34. The Morgan fingerprint density at radius 3 is 2.87 bits per heavy atom. The highest BCUT2D eigenvalue weighted by atomic mass is 35.5. The molecule has 4 nitrogen and oxygen atoms in total. The number of piperidine rings is 1. The van der Waals surface area contributed by atoms with E-state index in [1.807, 2.05) is 18.2 Å². The van der Waals surface area contributed by atoms with Gasteiger partial charge < -0.3 is 15.2 Å². The lowest BCUT2D eigenvalue weighted by Gasteiger charge is -2.23. The van der Waals surface area contributed by atoms with Gasteiger partial charge in [0, 0.05) is 17.1 Å². The fraction of sp³-hybridized carbons (Fsp3) is 0.444. The minimum absolute atomic E-state index is 0.508. The van der Waals surface area contributed by atoms with Crippen molar-refractivity contribution in [1.82, 2.24) is 10.3 Å². The van der Waals surface area contributed by atoms with Gasteiger partial charge in [0.2, 0.25) is 0 Å². The van der Waals surface area contributed by atoms with E-state index in [4.69, 9.17) is 16.3 Å². The van der Waals surface area contributed by atoms with Gasteiger partial charge in [0.25, 0.3) is 0 Å². The number of aliphatic hydroxyl groups is 1. The molecule has 1 aliphatic rings. The van der Waals surface area contributed by atoms with Crippen molar-refractivity contribution in [1.29, 1.82) is 0 Å². The van der Waals surface area contributed by atoms with Gasteiger partial charge in [-0.3, -0.25) is 4.98 Å². The Balaban J connectivity index is 1.83. The molecule has 23 heavy (non-hydrogen) atoms. The van der Waals surface area contributed by atoms with E-state index >= 15 is 0 Å². The van der Waals surface area contributed by atoms with Crippen LogP contribution in [-0.2, 0) is 0 Å². The molecule has 0 amide bonds. The summed E-state index contributed by atoms with van der Waals surface area (Å²) in [7, 11) is 1.63. The van der Waals surface area contributed by atoms with Gasteiger partial charge in [-0.2, -0.15) is 0 Å². The number of ether oxygens (including phenoxy) is 1. The van der Waals surface area contributed by atoms with E-state index in [1.165, 1.54) is 5.92 Å². The summed E-state index contributed by atoms with van der Waals surface area (Å²) in [6.07, 6.45) is 4.85. The third kappa shape index (κ3) is 3.77. The topological polar surface area (TPSA) is 54.4 Å². The van der Waals surface area contributed by atoms with Crippen molar-refractivity contribution < 1.29 is 9.84 Å². The maximum atomic E-state index is 10.7. The van der Waals surface area contributed by atoms with E-state index in [9.17, 15) is 5.11 Å². The van der Waals surface area contributed by atoms with Crippen LogP contribution in [0.5, 0.6) is 5.75 Å². The van der Waals surface area contributed by atoms with Crippen LogP contribution in [-0.4, -0.2) is 30.3 Å². The quantitative estimate of drug-likeness (QED) is 0.876. The standard InChI is InChI=1S/C18H22ClN2O2/c1-23-13-3-4-16-14(10-13)18(15(19)11-21-16)17(22)5-2-12-6-8-20-9-7-12/h3-4,10-11,17,20,22H,2,5-9H2,1H3/t17-/m1/s1. The van der Waals surface area contributed by atoms with Crippen molar-refractivity contribution in [3.8, 4) is 5.75 Å². The largest absolute Gasteiger partial charge is 0.497 e. The Kier molecular flexibility index (Phi) is 5.36. The first kappa shape index (κ1) is 16.5. The number of pyridine rings is 1. The summed E-state index contributed by atoms with van der Waals surface area (Å²) in [5.74, 6) is 2.26. The summed E-state index contributed by atoms with van der Waals surface area (Å²) < 4.78 is 5.29. The zero-order valence-corrected chi connectivity index (χ0v) is 14.1. The zero-order chi connectivity index (χ0) is 16.2. The van der Waals surface area contributed by atoms with Crippen LogP contribution < -0.4 is 10.1 Å². The lowest BCUT2D eigenvalue weighted by Crippen LogP contribution is -2.26. The van der Waals surface area contributed by atoms with E-state index in [1.54, 1.807) is 13.3 Å². The number of nitrogens with zero attached hydrogens (tertiary/aromatic N) is 1. The average molecular weight is 334 g/mol. The molecule has 1 radical (unpaired) electrons. The Hall–Kier alpha value is -1.36. The second kappa shape index (κ2) is 7.47. The molecule has 0 aliphatic carbocycles. The summed E-state index contributed by atoms with van der Waals surface area (Å²) in [4.78, 5) is 4.34. The molecule has 1 saturated heterocycles. The number of benzene rings is 1. The number of nitrogens with one attached hydrogen (secondary N) is 1. The average Bonchev–Trinajstić information content (AvgIpc) is 2.60. The summed E-state index contributed by atoms with van der Waals surface area (Å²) in [5, 5.41) is 15.4. The highest BCUT2D eigenvalue weighted by Gasteiger charge is 2.20. The fourth-order valence-corrected chi connectivity index (χ4v) is 3.43. The molecule has 0 spiro atoms. The minimum Gasteiger partial charge on any atom is -0.497 e. The molecule has 1 fully saturated rings. The summed E-state index contributed by atoms with van der Waals surface area (Å²) in [6, 6.07) is 5.65. The van der Waals surface area contributed by atoms with Gasteiger partial charge in [0.15, 0.2) is 0 Å². The lowest BCUT2D eigenvalue weighted by molar-refractivity contribution is 0.166. The second-order valence-corrected chi connectivity index (χ2v) is 6.36. The van der Waals surface area contributed by atoms with Gasteiger partial charge in [-0.1, -0.05) is 11.6 Å². The number of halogens is 1. The van der Waals surface area contributed by atoms with Crippen molar-refractivity contribution >= 4 is 22.5 Å². The molecule has 1 aromatic heterocycles. The second-order valence-electron chi connectivity index (χ2n) is 5.96. The van der Waals surface area contributed by atoms with Crippen molar-refractivity contribution in [3.05, 3.63) is 40.9 Å². The monoisotopic (exact) mass is 333 g/mol. The minimum atomic E-state index is -0.595. The molecule has 0 saturated carbocycles. The van der Waals surface area contributed by atoms with Crippen LogP contribution in [0.15, 0.2) is 24.4 Å². The molecule has 0 unspecified atom stereocenters. The number of aliphatic hydroxyl groups excluding tert-OH is 1. The van der Waals surface area contributed by atoms with Crippen LogP contribution in [0.4, 0.5) is 0 Å². The molecule has 3 rings (SSSR count). The van der Waals surface area contributed by atoms with Gasteiger partial charge in [0.1, 0.15) is 5.75 Å². The summed E-state index contributed by atoms with van der Waals surface area (Å²) in [6.45, 7) is 2.09. The first-order chi connectivity index (χ1) is 11.2. The van der Waals surface area contributed by atoms with Crippen LogP contribution in [0, 0.1) is 5.92 Å². The first-order valence-corrected chi connectivity index (χ1v) is 8.41. The molecule has 1 atom stereocenters.